The van der Waals surface area contributed by atoms with Crippen molar-refractivity contribution in [3.63, 3.8) is 0 Å². The van der Waals surface area contributed by atoms with Gasteiger partial charge in [-0.2, -0.15) is 5.10 Å². The second kappa shape index (κ2) is 9.27. The molecule has 2 N–H and O–H groups in total. The molecular weight excluding hydrogens is 404 g/mol. The molecule has 0 amide bonds. The molecule has 6 heteroatoms. The molecule has 1 fully saturated rings. The van der Waals surface area contributed by atoms with Crippen LogP contribution in [0.1, 0.15) is 49.4 Å². The van der Waals surface area contributed by atoms with Gasteiger partial charge < -0.3 is 14.9 Å². The van der Waals surface area contributed by atoms with E-state index < -0.39 is 5.60 Å². The Morgan fingerprint density at radius 2 is 1.78 bits per heavy atom. The Hall–Kier alpha value is -2.96. The maximum Gasteiger partial charge on any atom is 0.308 e. The van der Waals surface area contributed by atoms with Crippen molar-refractivity contribution in [1.82, 2.24) is 9.78 Å². The Bertz CT molecular complexity index is 1060. The lowest BCUT2D eigenvalue weighted by Crippen LogP contribution is -2.35. The minimum Gasteiger partial charge on any atom is -0.466 e. The second-order valence-electron chi connectivity index (χ2n) is 8.58. The molecule has 0 bridgehead atoms. The number of aliphatic hydroxyl groups excluding tert-OH is 1. The largest absolute Gasteiger partial charge is 0.466 e. The highest BCUT2D eigenvalue weighted by Crippen LogP contribution is 2.41. The highest BCUT2D eigenvalue weighted by molar-refractivity contribution is 5.72. The van der Waals surface area contributed by atoms with Gasteiger partial charge in [0.2, 0.25) is 0 Å². The predicted octanol–water partition coefficient (Wildman–Crippen LogP) is 4.28. The SMILES string of the molecule is CCOC(=O)C1CCC(O)(c2cc(-c3ccc(C)cc3)n(-c3ccc(CO)cc3)n2)CC1. The maximum absolute atomic E-state index is 12.1. The Morgan fingerprint density at radius 3 is 2.38 bits per heavy atom. The van der Waals surface area contributed by atoms with E-state index in [0.29, 0.717) is 38.0 Å². The number of ether oxygens (including phenoxy) is 1. The molecule has 0 atom stereocenters. The zero-order valence-electron chi connectivity index (χ0n) is 18.6. The summed E-state index contributed by atoms with van der Waals surface area (Å²) in [5, 5.41) is 25.7. The van der Waals surface area contributed by atoms with Crippen LogP contribution in [0.25, 0.3) is 16.9 Å². The quantitative estimate of drug-likeness (QED) is 0.566. The normalized spacial score (nSPS) is 20.8. The van der Waals surface area contributed by atoms with Gasteiger partial charge in [-0.15, -0.1) is 0 Å². The number of hydrogen-bond donors (Lipinski definition) is 2. The average molecular weight is 435 g/mol. The third-order valence-electron chi connectivity index (χ3n) is 6.33. The van der Waals surface area contributed by atoms with Crippen molar-refractivity contribution in [2.45, 2.75) is 51.7 Å². The van der Waals surface area contributed by atoms with Crippen LogP contribution in [0.2, 0.25) is 0 Å². The summed E-state index contributed by atoms with van der Waals surface area (Å²) in [4.78, 5) is 12.1. The first-order valence-electron chi connectivity index (χ1n) is 11.2. The Labute approximate surface area is 188 Å². The number of aryl methyl sites for hydroxylation is 1. The fourth-order valence-electron chi connectivity index (χ4n) is 4.33. The van der Waals surface area contributed by atoms with Crippen LogP contribution in [-0.4, -0.2) is 32.6 Å². The van der Waals surface area contributed by atoms with Gasteiger partial charge in [0, 0.05) is 5.56 Å². The summed E-state index contributed by atoms with van der Waals surface area (Å²) < 4.78 is 7.01. The number of carbonyl (C=O) groups is 1. The molecule has 0 radical (unpaired) electrons. The summed E-state index contributed by atoms with van der Waals surface area (Å²) in [6.45, 7) is 4.21. The van der Waals surface area contributed by atoms with Crippen LogP contribution in [-0.2, 0) is 21.7 Å². The standard InChI is InChI=1S/C26H30N2O4/c1-3-32-25(30)21-12-14-26(31,15-13-21)24-16-23(20-8-4-18(2)5-9-20)28(27-24)22-10-6-19(17-29)7-11-22/h4-11,16,21,29,31H,3,12-15,17H2,1-2H3. The van der Waals surface area contributed by atoms with Crippen LogP contribution < -0.4 is 0 Å². The molecule has 32 heavy (non-hydrogen) atoms. The van der Waals surface area contributed by atoms with E-state index in [1.54, 1.807) is 0 Å². The van der Waals surface area contributed by atoms with Gasteiger partial charge in [-0.05, 0) is 63.3 Å². The maximum atomic E-state index is 12.1. The van der Waals surface area contributed by atoms with Gasteiger partial charge in [0.05, 0.1) is 36.2 Å². The first-order chi connectivity index (χ1) is 15.4. The van der Waals surface area contributed by atoms with E-state index in [1.165, 1.54) is 5.56 Å². The van der Waals surface area contributed by atoms with Crippen molar-refractivity contribution in [2.24, 2.45) is 5.92 Å². The van der Waals surface area contributed by atoms with E-state index in [-0.39, 0.29) is 18.5 Å². The monoisotopic (exact) mass is 434 g/mol. The van der Waals surface area contributed by atoms with Crippen molar-refractivity contribution in [1.29, 1.82) is 0 Å². The molecule has 0 aliphatic heterocycles. The summed E-state index contributed by atoms with van der Waals surface area (Å²) in [5.74, 6) is -0.343. The number of esters is 1. The molecule has 1 saturated carbocycles. The third kappa shape index (κ3) is 4.47. The summed E-state index contributed by atoms with van der Waals surface area (Å²) in [5.41, 5.74) is 4.27. The molecule has 3 aromatic rings. The fraction of sp³-hybridized carbons (Fsp3) is 0.385. The number of aliphatic hydroxyl groups is 2. The highest BCUT2D eigenvalue weighted by atomic mass is 16.5. The molecule has 168 valence electrons. The Morgan fingerprint density at radius 1 is 1.12 bits per heavy atom. The lowest BCUT2D eigenvalue weighted by atomic mass is 9.77. The lowest BCUT2D eigenvalue weighted by Gasteiger charge is -2.33. The van der Waals surface area contributed by atoms with E-state index in [4.69, 9.17) is 9.84 Å². The molecule has 1 aliphatic carbocycles. The number of rotatable bonds is 6. The third-order valence-corrected chi connectivity index (χ3v) is 6.33. The molecule has 2 aromatic carbocycles. The van der Waals surface area contributed by atoms with Crippen molar-refractivity contribution >= 4 is 5.97 Å². The minimum atomic E-state index is -1.08. The van der Waals surface area contributed by atoms with Crippen molar-refractivity contribution in [3.8, 4) is 16.9 Å². The Balaban J connectivity index is 1.69. The van der Waals surface area contributed by atoms with Crippen LogP contribution in [0.3, 0.4) is 0 Å². The Kier molecular flexibility index (Phi) is 6.44. The molecule has 1 heterocycles. The van der Waals surface area contributed by atoms with Crippen LogP contribution in [0.15, 0.2) is 54.6 Å². The number of carbonyl (C=O) groups excluding carboxylic acids is 1. The summed E-state index contributed by atoms with van der Waals surface area (Å²) in [6, 6.07) is 17.7. The van der Waals surface area contributed by atoms with E-state index in [0.717, 1.165) is 22.5 Å². The number of hydrogen-bond acceptors (Lipinski definition) is 5. The van der Waals surface area contributed by atoms with Gasteiger partial charge in [-0.1, -0.05) is 42.0 Å². The average Bonchev–Trinajstić information content (AvgIpc) is 3.27. The van der Waals surface area contributed by atoms with Crippen molar-refractivity contribution in [3.05, 3.63) is 71.4 Å². The van der Waals surface area contributed by atoms with Crippen LogP contribution in [0.5, 0.6) is 0 Å². The molecule has 0 unspecified atom stereocenters. The topological polar surface area (TPSA) is 84.6 Å². The molecule has 4 rings (SSSR count). The molecule has 0 saturated heterocycles. The zero-order chi connectivity index (χ0) is 22.7. The summed E-state index contributed by atoms with van der Waals surface area (Å²) in [6.07, 6.45) is 2.08. The van der Waals surface area contributed by atoms with Gasteiger partial charge in [0.1, 0.15) is 5.60 Å². The summed E-state index contributed by atoms with van der Waals surface area (Å²) >= 11 is 0. The molecular formula is C26H30N2O4. The first kappa shape index (κ1) is 22.2. The van der Waals surface area contributed by atoms with Gasteiger partial charge in [0.15, 0.2) is 0 Å². The van der Waals surface area contributed by atoms with E-state index in [1.807, 2.05) is 48.9 Å². The predicted molar refractivity (Wildman–Crippen MR) is 122 cm³/mol. The van der Waals surface area contributed by atoms with Gasteiger partial charge in [0.25, 0.3) is 0 Å². The summed E-state index contributed by atoms with van der Waals surface area (Å²) in [7, 11) is 0. The molecule has 0 spiro atoms. The highest BCUT2D eigenvalue weighted by Gasteiger charge is 2.40. The number of aromatic nitrogens is 2. The van der Waals surface area contributed by atoms with E-state index in [2.05, 4.69) is 24.3 Å². The van der Waals surface area contributed by atoms with E-state index in [9.17, 15) is 15.0 Å². The molecule has 1 aromatic heterocycles. The fourth-order valence-corrected chi connectivity index (χ4v) is 4.33. The van der Waals surface area contributed by atoms with E-state index >= 15 is 0 Å². The number of nitrogens with zero attached hydrogens (tertiary/aromatic N) is 2. The van der Waals surface area contributed by atoms with Crippen LogP contribution in [0.4, 0.5) is 0 Å². The van der Waals surface area contributed by atoms with Crippen molar-refractivity contribution in [2.75, 3.05) is 6.61 Å². The van der Waals surface area contributed by atoms with Crippen molar-refractivity contribution < 1.29 is 19.7 Å². The zero-order valence-corrected chi connectivity index (χ0v) is 18.6. The smallest absolute Gasteiger partial charge is 0.308 e. The van der Waals surface area contributed by atoms with Gasteiger partial charge >= 0.3 is 5.97 Å². The van der Waals surface area contributed by atoms with Gasteiger partial charge in [-0.25, -0.2) is 4.68 Å². The second-order valence-corrected chi connectivity index (χ2v) is 8.58. The molecule has 1 aliphatic rings. The minimum absolute atomic E-state index is 0.0170. The van der Waals surface area contributed by atoms with Crippen LogP contribution >= 0.6 is 0 Å². The molecule has 6 nitrogen and oxygen atoms in total. The lowest BCUT2D eigenvalue weighted by molar-refractivity contribution is -0.151. The first-order valence-corrected chi connectivity index (χ1v) is 11.2. The van der Waals surface area contributed by atoms with Gasteiger partial charge in [-0.3, -0.25) is 4.79 Å². The van der Waals surface area contributed by atoms with Crippen LogP contribution in [0, 0.1) is 12.8 Å². The number of benzene rings is 2.